The number of rotatable bonds is 4. The number of nitrogens with zero attached hydrogens (tertiary/aromatic N) is 1. The summed E-state index contributed by atoms with van der Waals surface area (Å²) in [7, 11) is 0. The van der Waals surface area contributed by atoms with E-state index in [9.17, 15) is 5.11 Å². The third-order valence-corrected chi connectivity index (χ3v) is 3.42. The minimum Gasteiger partial charge on any atom is -0.388 e. The molecule has 0 spiro atoms. The first kappa shape index (κ1) is 13.2. The van der Waals surface area contributed by atoms with Crippen LogP contribution in [0.3, 0.4) is 0 Å². The van der Waals surface area contributed by atoms with E-state index in [1.54, 1.807) is 0 Å². The summed E-state index contributed by atoms with van der Waals surface area (Å²) in [4.78, 5) is 4.37. The first-order valence-corrected chi connectivity index (χ1v) is 6.85. The van der Waals surface area contributed by atoms with Crippen LogP contribution in [0.5, 0.6) is 0 Å². The molecule has 94 valence electrons. The van der Waals surface area contributed by atoms with Crippen molar-refractivity contribution in [1.82, 2.24) is 4.98 Å². The van der Waals surface area contributed by atoms with Crippen molar-refractivity contribution in [2.45, 2.75) is 25.9 Å². The van der Waals surface area contributed by atoms with Gasteiger partial charge >= 0.3 is 0 Å². The van der Waals surface area contributed by atoms with E-state index in [0.29, 0.717) is 6.42 Å². The molecule has 2 aromatic rings. The zero-order valence-corrected chi connectivity index (χ0v) is 11.9. The molecule has 2 rings (SSSR count). The van der Waals surface area contributed by atoms with Gasteiger partial charge in [0.1, 0.15) is 0 Å². The van der Waals surface area contributed by atoms with Gasteiger partial charge in [0.2, 0.25) is 0 Å². The van der Waals surface area contributed by atoms with Crippen LogP contribution in [0.4, 0.5) is 0 Å². The molecule has 0 radical (unpaired) electrons. The fourth-order valence-corrected chi connectivity index (χ4v) is 2.23. The number of hydrogen-bond donors (Lipinski definition) is 1. The van der Waals surface area contributed by atoms with Crippen molar-refractivity contribution in [3.8, 4) is 0 Å². The third kappa shape index (κ3) is 3.40. The molecule has 1 unspecified atom stereocenters. The minimum absolute atomic E-state index is 0.512. The van der Waals surface area contributed by atoms with Gasteiger partial charge in [-0.05, 0) is 35.7 Å². The molecular weight excluding hydrogens is 290 g/mol. The molecule has 0 aliphatic carbocycles. The summed E-state index contributed by atoms with van der Waals surface area (Å²) in [5.41, 5.74) is 3.04. The molecule has 0 aliphatic rings. The lowest BCUT2D eigenvalue weighted by Gasteiger charge is -2.11. The summed E-state index contributed by atoms with van der Waals surface area (Å²) in [5.74, 6) is 0. The molecule has 0 bridgehead atoms. The summed E-state index contributed by atoms with van der Waals surface area (Å²) in [6.45, 7) is 2.10. The number of hydrogen-bond acceptors (Lipinski definition) is 2. The van der Waals surface area contributed by atoms with Crippen LogP contribution in [0.25, 0.3) is 0 Å². The molecule has 0 amide bonds. The predicted octanol–water partition coefficient (Wildman–Crippen LogP) is 3.68. The van der Waals surface area contributed by atoms with Crippen LogP contribution >= 0.6 is 15.9 Å². The van der Waals surface area contributed by atoms with Crippen molar-refractivity contribution in [2.75, 3.05) is 0 Å². The van der Waals surface area contributed by atoms with Gasteiger partial charge in [-0.1, -0.05) is 41.1 Å². The molecule has 3 heteroatoms. The molecule has 2 nitrogen and oxygen atoms in total. The van der Waals surface area contributed by atoms with Crippen molar-refractivity contribution >= 4 is 15.9 Å². The van der Waals surface area contributed by atoms with Crippen molar-refractivity contribution in [2.24, 2.45) is 0 Å². The van der Waals surface area contributed by atoms with E-state index in [0.717, 1.165) is 22.2 Å². The normalized spacial score (nSPS) is 12.4. The average Bonchev–Trinajstić information content (AvgIpc) is 2.39. The lowest BCUT2D eigenvalue weighted by atomic mass is 10.0. The number of halogens is 1. The highest BCUT2D eigenvalue weighted by Gasteiger charge is 2.09. The maximum atomic E-state index is 10.2. The molecule has 1 atom stereocenters. The molecule has 0 saturated carbocycles. The van der Waals surface area contributed by atoms with Gasteiger partial charge in [-0.3, -0.25) is 4.98 Å². The second-order valence-corrected chi connectivity index (χ2v) is 5.20. The highest BCUT2D eigenvalue weighted by atomic mass is 79.9. The fourth-order valence-electron chi connectivity index (χ4n) is 1.81. The smallest absolute Gasteiger partial charge is 0.0845 e. The van der Waals surface area contributed by atoms with Gasteiger partial charge in [0.15, 0.2) is 0 Å². The number of benzene rings is 1. The van der Waals surface area contributed by atoms with Crippen molar-refractivity contribution < 1.29 is 5.11 Å². The van der Waals surface area contributed by atoms with Crippen LogP contribution in [-0.2, 0) is 12.8 Å². The van der Waals surface area contributed by atoms with Gasteiger partial charge in [-0.25, -0.2) is 0 Å². The number of aliphatic hydroxyl groups excluding tert-OH is 1. The number of aryl methyl sites for hydroxylation is 1. The van der Waals surface area contributed by atoms with Gasteiger partial charge in [0.25, 0.3) is 0 Å². The zero-order valence-electron chi connectivity index (χ0n) is 10.3. The highest BCUT2D eigenvalue weighted by molar-refractivity contribution is 9.10. The minimum atomic E-state index is -0.512. The van der Waals surface area contributed by atoms with Crippen molar-refractivity contribution in [1.29, 1.82) is 0 Å². The van der Waals surface area contributed by atoms with Crippen LogP contribution in [0.15, 0.2) is 47.1 Å². The molecule has 1 N–H and O–H groups in total. The highest BCUT2D eigenvalue weighted by Crippen LogP contribution is 2.21. The van der Waals surface area contributed by atoms with Crippen LogP contribution in [0.2, 0.25) is 0 Å². The van der Waals surface area contributed by atoms with Gasteiger partial charge in [0.05, 0.1) is 6.10 Å². The maximum absolute atomic E-state index is 10.2. The Bertz CT molecular complexity index is 510. The lowest BCUT2D eigenvalue weighted by molar-refractivity contribution is 0.177. The summed E-state index contributed by atoms with van der Waals surface area (Å²) in [6, 6.07) is 11.8. The molecule has 1 heterocycles. The zero-order chi connectivity index (χ0) is 13.0. The Kier molecular flexibility index (Phi) is 4.50. The topological polar surface area (TPSA) is 33.1 Å². The Balaban J connectivity index is 2.08. The Morgan fingerprint density at radius 3 is 2.72 bits per heavy atom. The number of aromatic nitrogens is 1. The molecule has 0 fully saturated rings. The van der Waals surface area contributed by atoms with E-state index in [4.69, 9.17) is 0 Å². The van der Waals surface area contributed by atoms with Crippen LogP contribution in [-0.4, -0.2) is 10.1 Å². The van der Waals surface area contributed by atoms with Gasteiger partial charge in [-0.15, -0.1) is 0 Å². The Morgan fingerprint density at radius 2 is 2.11 bits per heavy atom. The Labute approximate surface area is 116 Å². The van der Waals surface area contributed by atoms with Crippen molar-refractivity contribution in [3.05, 3.63) is 63.9 Å². The lowest BCUT2D eigenvalue weighted by Crippen LogP contribution is -2.03. The Morgan fingerprint density at radius 1 is 1.28 bits per heavy atom. The Hall–Kier alpha value is -1.19. The fraction of sp³-hybridized carbons (Fsp3) is 0.267. The monoisotopic (exact) mass is 305 g/mol. The van der Waals surface area contributed by atoms with Crippen molar-refractivity contribution in [3.63, 3.8) is 0 Å². The van der Waals surface area contributed by atoms with Crippen LogP contribution in [0, 0.1) is 0 Å². The standard InChI is InChI=1S/C15H16BrNO/c1-2-11-6-7-14(17-10-11)9-15(18)12-4-3-5-13(16)8-12/h3-8,10,15,18H,2,9H2,1H3. The van der Waals surface area contributed by atoms with Crippen LogP contribution in [0.1, 0.15) is 29.8 Å². The van der Waals surface area contributed by atoms with Gasteiger partial charge < -0.3 is 5.11 Å². The van der Waals surface area contributed by atoms with E-state index in [1.165, 1.54) is 5.56 Å². The molecule has 1 aromatic carbocycles. The van der Waals surface area contributed by atoms with E-state index >= 15 is 0 Å². The van der Waals surface area contributed by atoms with E-state index in [1.807, 2.05) is 36.5 Å². The van der Waals surface area contributed by atoms with Gasteiger partial charge in [-0.2, -0.15) is 0 Å². The number of pyridine rings is 1. The van der Waals surface area contributed by atoms with E-state index in [-0.39, 0.29) is 0 Å². The second kappa shape index (κ2) is 6.12. The molecular formula is C15H16BrNO. The first-order valence-electron chi connectivity index (χ1n) is 6.06. The second-order valence-electron chi connectivity index (χ2n) is 4.29. The maximum Gasteiger partial charge on any atom is 0.0845 e. The van der Waals surface area contributed by atoms with Gasteiger partial charge in [0, 0.05) is 22.8 Å². The first-order chi connectivity index (χ1) is 8.69. The molecule has 0 saturated heterocycles. The van der Waals surface area contributed by atoms with E-state index in [2.05, 4.69) is 33.9 Å². The summed E-state index contributed by atoms with van der Waals surface area (Å²) < 4.78 is 0.980. The molecule has 0 aliphatic heterocycles. The van der Waals surface area contributed by atoms with E-state index < -0.39 is 6.10 Å². The summed E-state index contributed by atoms with van der Waals surface area (Å²) in [5, 5.41) is 10.2. The quantitative estimate of drug-likeness (QED) is 0.934. The SMILES string of the molecule is CCc1ccc(CC(O)c2cccc(Br)c2)nc1. The summed E-state index contributed by atoms with van der Waals surface area (Å²) in [6.07, 6.45) is 2.90. The van der Waals surface area contributed by atoms with Crippen LogP contribution < -0.4 is 0 Å². The largest absolute Gasteiger partial charge is 0.388 e. The predicted molar refractivity (Wildman–Crippen MR) is 76.4 cm³/mol. The molecule has 1 aromatic heterocycles. The molecule has 18 heavy (non-hydrogen) atoms. The average molecular weight is 306 g/mol. The third-order valence-electron chi connectivity index (χ3n) is 2.93. The summed E-state index contributed by atoms with van der Waals surface area (Å²) >= 11 is 3.41. The number of aliphatic hydroxyl groups is 1.